The van der Waals surface area contributed by atoms with E-state index in [0.717, 1.165) is 48.8 Å². The summed E-state index contributed by atoms with van der Waals surface area (Å²) in [6.45, 7) is 15.8. The first kappa shape index (κ1) is 35.6. The van der Waals surface area contributed by atoms with Gasteiger partial charge in [0, 0.05) is 12.2 Å². The van der Waals surface area contributed by atoms with Crippen LogP contribution < -0.4 is 15.4 Å². The average Bonchev–Trinajstić information content (AvgIpc) is 2.94. The molecule has 0 aliphatic carbocycles. The summed E-state index contributed by atoms with van der Waals surface area (Å²) in [6.07, 6.45) is 4.95. The summed E-state index contributed by atoms with van der Waals surface area (Å²) < 4.78 is 10.8. The second-order valence-corrected chi connectivity index (χ2v) is 12.4. The van der Waals surface area contributed by atoms with Gasteiger partial charge in [0.2, 0.25) is 5.91 Å². The summed E-state index contributed by atoms with van der Waals surface area (Å²) in [7, 11) is 1.59. The maximum absolute atomic E-state index is 14.6. The number of methoxy groups -OCH3 is 1. The molecule has 0 spiro atoms. The van der Waals surface area contributed by atoms with Crippen LogP contribution in [0.2, 0.25) is 0 Å². The molecule has 0 radical (unpaired) electrons. The lowest BCUT2D eigenvalue weighted by Gasteiger charge is -2.36. The molecule has 3 unspecified atom stereocenters. The van der Waals surface area contributed by atoms with Crippen LogP contribution in [-0.4, -0.2) is 48.1 Å². The van der Waals surface area contributed by atoms with E-state index in [1.807, 2.05) is 45.9 Å². The van der Waals surface area contributed by atoms with Crippen LogP contribution in [0.5, 0.6) is 5.75 Å². The number of aryl methyl sites for hydroxylation is 2. The van der Waals surface area contributed by atoms with Gasteiger partial charge in [0.25, 0.3) is 5.91 Å². The van der Waals surface area contributed by atoms with Crippen molar-refractivity contribution >= 4 is 23.6 Å². The summed E-state index contributed by atoms with van der Waals surface area (Å²) in [6, 6.07) is 11.3. The molecule has 0 heterocycles. The van der Waals surface area contributed by atoms with Crippen molar-refractivity contribution in [2.24, 2.45) is 5.92 Å². The van der Waals surface area contributed by atoms with Gasteiger partial charge in [0.1, 0.15) is 23.4 Å². The van der Waals surface area contributed by atoms with Crippen molar-refractivity contribution in [2.75, 3.05) is 19.0 Å². The summed E-state index contributed by atoms with van der Waals surface area (Å²) in [5.74, 6) is -0.130. The minimum absolute atomic E-state index is 0.188. The van der Waals surface area contributed by atoms with Crippen LogP contribution in [0, 0.1) is 19.8 Å². The molecule has 238 valence electrons. The lowest BCUT2D eigenvalue weighted by Crippen LogP contribution is -2.55. The quantitative estimate of drug-likeness (QED) is 0.205. The number of benzene rings is 2. The number of unbranched alkanes of at least 4 members (excludes halogenated alkanes) is 4. The lowest BCUT2D eigenvalue weighted by molar-refractivity contribution is -0.142. The highest BCUT2D eigenvalue weighted by molar-refractivity contribution is 5.99. The molecule has 2 N–H and O–H groups in total. The average molecular weight is 596 g/mol. The van der Waals surface area contributed by atoms with Gasteiger partial charge in [-0.2, -0.15) is 0 Å². The molecule has 43 heavy (non-hydrogen) atoms. The number of carbonyl (C=O) groups excluding carboxylic acids is 3. The smallest absolute Gasteiger partial charge is 0.408 e. The molecule has 0 aliphatic rings. The van der Waals surface area contributed by atoms with Gasteiger partial charge < -0.3 is 25.0 Å². The highest BCUT2D eigenvalue weighted by Gasteiger charge is 2.38. The Balaban J connectivity index is 2.59. The molecule has 3 atom stereocenters. The summed E-state index contributed by atoms with van der Waals surface area (Å²) >= 11 is 0. The molecular formula is C35H53N3O5. The fourth-order valence-electron chi connectivity index (χ4n) is 5.02. The number of anilines is 1. The zero-order chi connectivity index (χ0) is 32.2. The first-order valence-corrected chi connectivity index (χ1v) is 15.6. The van der Waals surface area contributed by atoms with Gasteiger partial charge in [0.15, 0.2) is 0 Å². The summed E-state index contributed by atoms with van der Waals surface area (Å²) in [5.41, 5.74) is 2.61. The van der Waals surface area contributed by atoms with Crippen LogP contribution >= 0.6 is 0 Å². The highest BCUT2D eigenvalue weighted by atomic mass is 16.6. The van der Waals surface area contributed by atoms with Gasteiger partial charge in [-0.15, -0.1) is 0 Å². The number of nitrogens with zero attached hydrogens (tertiary/aromatic N) is 1. The van der Waals surface area contributed by atoms with E-state index in [-0.39, 0.29) is 17.7 Å². The Labute approximate surface area is 258 Å². The molecule has 2 aromatic rings. The third-order valence-electron chi connectivity index (χ3n) is 7.57. The third kappa shape index (κ3) is 11.2. The maximum Gasteiger partial charge on any atom is 0.408 e. The Morgan fingerprint density at radius 2 is 1.58 bits per heavy atom. The Bertz CT molecular complexity index is 1190. The molecule has 2 rings (SSSR count). The Morgan fingerprint density at radius 1 is 0.930 bits per heavy atom. The molecule has 0 aromatic heterocycles. The first-order valence-electron chi connectivity index (χ1n) is 15.6. The minimum Gasteiger partial charge on any atom is -0.497 e. The predicted molar refractivity (Wildman–Crippen MR) is 173 cm³/mol. The van der Waals surface area contributed by atoms with E-state index in [2.05, 4.69) is 17.6 Å². The number of alkyl carbamates (subject to hydrolysis) is 1. The molecule has 0 fully saturated rings. The molecule has 2 aromatic carbocycles. The van der Waals surface area contributed by atoms with Crippen molar-refractivity contribution < 1.29 is 23.9 Å². The molecular weight excluding hydrogens is 542 g/mol. The van der Waals surface area contributed by atoms with Crippen molar-refractivity contribution in [3.63, 3.8) is 0 Å². The molecule has 3 amide bonds. The van der Waals surface area contributed by atoms with E-state index >= 15 is 0 Å². The number of rotatable bonds is 15. The van der Waals surface area contributed by atoms with E-state index in [4.69, 9.17) is 9.47 Å². The first-order chi connectivity index (χ1) is 20.3. The van der Waals surface area contributed by atoms with Crippen LogP contribution in [0.25, 0.3) is 0 Å². The zero-order valence-electron chi connectivity index (χ0n) is 27.7. The van der Waals surface area contributed by atoms with E-state index in [0.29, 0.717) is 24.4 Å². The van der Waals surface area contributed by atoms with Gasteiger partial charge in [-0.05, 0) is 82.3 Å². The van der Waals surface area contributed by atoms with E-state index in [1.165, 1.54) is 0 Å². The topological polar surface area (TPSA) is 97.0 Å². The number of ether oxygens (including phenoxy) is 2. The van der Waals surface area contributed by atoms with Crippen molar-refractivity contribution in [3.05, 3.63) is 59.2 Å². The lowest BCUT2D eigenvalue weighted by atomic mass is 9.93. The fraction of sp³-hybridized carbons (Fsp3) is 0.571. The number of hydrogen-bond acceptors (Lipinski definition) is 5. The number of carbonyl (C=O) groups is 3. The second-order valence-electron chi connectivity index (χ2n) is 12.4. The Morgan fingerprint density at radius 3 is 2.14 bits per heavy atom. The molecule has 8 heteroatoms. The largest absolute Gasteiger partial charge is 0.497 e. The number of nitrogens with one attached hydrogen (secondary N) is 2. The van der Waals surface area contributed by atoms with Crippen LogP contribution in [0.3, 0.4) is 0 Å². The normalized spacial score (nSPS) is 13.4. The minimum atomic E-state index is -0.909. The fourth-order valence-corrected chi connectivity index (χ4v) is 5.02. The van der Waals surface area contributed by atoms with E-state index in [9.17, 15) is 14.4 Å². The SMILES string of the molecule is CCCCCCCN(C(=O)C(NC(=O)OC(C)(C)C)C(C)CC)C(C(=O)Nc1ccc(OC)cc1)c1ccc(C)cc1C. The van der Waals surface area contributed by atoms with E-state index in [1.54, 1.807) is 57.0 Å². The molecule has 8 nitrogen and oxygen atoms in total. The molecule has 0 saturated carbocycles. The van der Waals surface area contributed by atoms with Crippen molar-refractivity contribution in [1.29, 1.82) is 0 Å². The van der Waals surface area contributed by atoms with Gasteiger partial charge in [-0.3, -0.25) is 9.59 Å². The van der Waals surface area contributed by atoms with Crippen molar-refractivity contribution in [2.45, 2.75) is 112 Å². The Kier molecular flexibility index (Phi) is 14.0. The monoisotopic (exact) mass is 595 g/mol. The van der Waals surface area contributed by atoms with E-state index < -0.39 is 23.8 Å². The molecule has 0 bridgehead atoms. The van der Waals surface area contributed by atoms with Gasteiger partial charge in [-0.25, -0.2) is 4.79 Å². The summed E-state index contributed by atoms with van der Waals surface area (Å²) in [5, 5.41) is 5.88. The maximum atomic E-state index is 14.6. The highest BCUT2D eigenvalue weighted by Crippen LogP contribution is 2.30. The van der Waals surface area contributed by atoms with Gasteiger partial charge in [-0.1, -0.05) is 76.6 Å². The van der Waals surface area contributed by atoms with Crippen LogP contribution in [-0.2, 0) is 14.3 Å². The van der Waals surface area contributed by atoms with Crippen LogP contribution in [0.4, 0.5) is 10.5 Å². The van der Waals surface area contributed by atoms with Gasteiger partial charge in [0.05, 0.1) is 7.11 Å². The molecule has 0 aliphatic heterocycles. The molecule has 0 saturated heterocycles. The van der Waals surface area contributed by atoms with Crippen LogP contribution in [0.15, 0.2) is 42.5 Å². The van der Waals surface area contributed by atoms with Gasteiger partial charge >= 0.3 is 6.09 Å². The third-order valence-corrected chi connectivity index (χ3v) is 7.57. The van der Waals surface area contributed by atoms with Crippen molar-refractivity contribution in [3.8, 4) is 5.75 Å². The standard InChI is InChI=1S/C35H53N3O5/c1-10-12-13-14-15-22-38(33(40)30(25(4)11-2)37-34(41)43-35(6,7)8)31(29-21-16-24(3)23-26(29)5)32(39)36-27-17-19-28(42-9)20-18-27/h16-21,23,25,30-31H,10-15,22H2,1-9H3,(H,36,39)(H,37,41). The number of hydrogen-bond donors (Lipinski definition) is 2. The van der Waals surface area contributed by atoms with Crippen molar-refractivity contribution in [1.82, 2.24) is 10.2 Å². The number of amides is 3. The summed E-state index contributed by atoms with van der Waals surface area (Å²) in [4.78, 5) is 43.3. The van der Waals surface area contributed by atoms with Crippen LogP contribution in [0.1, 0.15) is 103 Å². The second kappa shape index (κ2) is 16.9. The Hall–Kier alpha value is -3.55. The predicted octanol–water partition coefficient (Wildman–Crippen LogP) is 7.73. The zero-order valence-corrected chi connectivity index (χ0v) is 27.7.